The van der Waals surface area contributed by atoms with Gasteiger partial charge < -0.3 is 4.57 Å². The van der Waals surface area contributed by atoms with Crippen molar-refractivity contribution in [3.8, 4) is 11.3 Å². The molecule has 1 heterocycles. The van der Waals surface area contributed by atoms with Crippen molar-refractivity contribution in [1.29, 1.82) is 0 Å². The normalized spacial score (nSPS) is 16.3. The van der Waals surface area contributed by atoms with Gasteiger partial charge in [-0.2, -0.15) is 0 Å². The minimum absolute atomic E-state index is 0.568. The van der Waals surface area contributed by atoms with Gasteiger partial charge in [-0.25, -0.2) is 4.99 Å². The average Bonchev–Trinajstić information content (AvgIpc) is 3.07. The van der Waals surface area contributed by atoms with Gasteiger partial charge in [0.15, 0.2) is 4.80 Å². The molecule has 0 radical (unpaired) electrons. The third-order valence-electron chi connectivity index (χ3n) is 5.01. The summed E-state index contributed by atoms with van der Waals surface area (Å²) >= 11 is 1.76. The third kappa shape index (κ3) is 3.62. The molecule has 0 aliphatic heterocycles. The summed E-state index contributed by atoms with van der Waals surface area (Å²) in [4.78, 5) is 6.08. The molecule has 25 heavy (non-hydrogen) atoms. The van der Waals surface area contributed by atoms with E-state index in [2.05, 4.69) is 65.4 Å². The lowest BCUT2D eigenvalue weighted by Gasteiger charge is -2.25. The molecule has 3 aromatic rings. The summed E-state index contributed by atoms with van der Waals surface area (Å²) < 4.78 is 2.50. The van der Waals surface area contributed by atoms with Crippen molar-refractivity contribution in [2.45, 2.75) is 45.1 Å². The van der Waals surface area contributed by atoms with E-state index >= 15 is 0 Å². The van der Waals surface area contributed by atoms with Gasteiger partial charge in [-0.15, -0.1) is 11.3 Å². The van der Waals surface area contributed by atoms with Crippen LogP contribution in [-0.4, -0.2) is 4.57 Å². The first-order valence-corrected chi connectivity index (χ1v) is 10.1. The molecule has 2 aromatic carbocycles. The first-order chi connectivity index (χ1) is 12.3. The van der Waals surface area contributed by atoms with E-state index in [-0.39, 0.29) is 0 Å². The zero-order valence-electron chi connectivity index (χ0n) is 14.7. The van der Waals surface area contributed by atoms with E-state index in [4.69, 9.17) is 4.99 Å². The molecule has 1 aromatic heterocycles. The maximum absolute atomic E-state index is 4.96. The van der Waals surface area contributed by atoms with Gasteiger partial charge in [0.1, 0.15) is 0 Å². The van der Waals surface area contributed by atoms with Gasteiger partial charge in [0.25, 0.3) is 0 Å². The number of hydrogen-bond acceptors (Lipinski definition) is 2. The van der Waals surface area contributed by atoms with Gasteiger partial charge in [0, 0.05) is 11.4 Å². The number of thiazole rings is 1. The summed E-state index contributed by atoms with van der Waals surface area (Å²) in [6, 6.07) is 19.8. The fraction of sp³-hybridized carbons (Fsp3) is 0.318. The number of nitrogens with zero attached hydrogens (tertiary/aromatic N) is 2. The quantitative estimate of drug-likeness (QED) is 0.531. The predicted octanol–water partition coefficient (Wildman–Crippen LogP) is 6.26. The highest BCUT2D eigenvalue weighted by molar-refractivity contribution is 7.07. The molecular weight excluding hydrogens is 324 g/mol. The summed E-state index contributed by atoms with van der Waals surface area (Å²) in [5.41, 5.74) is 4.94. The van der Waals surface area contributed by atoms with E-state index in [1.54, 1.807) is 11.3 Å². The Labute approximate surface area is 153 Å². The molecule has 0 unspecified atom stereocenters. The predicted molar refractivity (Wildman–Crippen MR) is 106 cm³/mol. The molecule has 0 atom stereocenters. The maximum atomic E-state index is 4.96. The second-order valence-corrected chi connectivity index (χ2v) is 7.72. The second kappa shape index (κ2) is 7.40. The van der Waals surface area contributed by atoms with Crippen LogP contribution in [0.1, 0.15) is 43.7 Å². The fourth-order valence-electron chi connectivity index (χ4n) is 3.64. The van der Waals surface area contributed by atoms with Crippen LogP contribution in [0, 0.1) is 6.92 Å². The largest absolute Gasteiger partial charge is 0.313 e. The Morgan fingerprint density at radius 2 is 1.64 bits per heavy atom. The number of hydrogen-bond donors (Lipinski definition) is 0. The molecule has 0 spiro atoms. The Morgan fingerprint density at radius 1 is 0.920 bits per heavy atom. The molecule has 3 heteroatoms. The molecular formula is C22H24N2S. The Hall–Kier alpha value is -2.13. The van der Waals surface area contributed by atoms with Crippen LogP contribution in [0.2, 0.25) is 0 Å². The van der Waals surface area contributed by atoms with E-state index in [0.29, 0.717) is 6.04 Å². The monoisotopic (exact) mass is 348 g/mol. The lowest BCUT2D eigenvalue weighted by Crippen LogP contribution is -2.23. The van der Waals surface area contributed by atoms with Crippen molar-refractivity contribution in [3.05, 3.63) is 70.3 Å². The van der Waals surface area contributed by atoms with Crippen molar-refractivity contribution < 1.29 is 0 Å². The van der Waals surface area contributed by atoms with Crippen molar-refractivity contribution in [2.75, 3.05) is 0 Å². The highest BCUT2D eigenvalue weighted by Gasteiger charge is 2.20. The van der Waals surface area contributed by atoms with E-state index in [1.807, 2.05) is 6.07 Å². The summed E-state index contributed by atoms with van der Waals surface area (Å²) in [6.07, 6.45) is 6.54. The molecule has 0 saturated heterocycles. The first-order valence-electron chi connectivity index (χ1n) is 9.18. The van der Waals surface area contributed by atoms with Gasteiger partial charge in [-0.05, 0) is 37.5 Å². The summed E-state index contributed by atoms with van der Waals surface area (Å²) in [6.45, 7) is 2.14. The van der Waals surface area contributed by atoms with Gasteiger partial charge in [0.2, 0.25) is 0 Å². The number of benzene rings is 2. The molecule has 4 rings (SSSR count). The van der Waals surface area contributed by atoms with Gasteiger partial charge in [0.05, 0.1) is 11.4 Å². The Bertz CT molecular complexity index is 882. The van der Waals surface area contributed by atoms with Gasteiger partial charge in [-0.1, -0.05) is 67.3 Å². The minimum Gasteiger partial charge on any atom is -0.313 e. The molecule has 2 nitrogen and oxygen atoms in total. The van der Waals surface area contributed by atoms with Crippen LogP contribution in [0.3, 0.4) is 0 Å². The summed E-state index contributed by atoms with van der Waals surface area (Å²) in [7, 11) is 0. The Kier molecular flexibility index (Phi) is 4.84. The van der Waals surface area contributed by atoms with Crippen LogP contribution in [0.25, 0.3) is 11.3 Å². The highest BCUT2D eigenvalue weighted by atomic mass is 32.1. The van der Waals surface area contributed by atoms with Gasteiger partial charge >= 0.3 is 0 Å². The average molecular weight is 349 g/mol. The number of para-hydroxylation sites is 1. The zero-order valence-corrected chi connectivity index (χ0v) is 15.5. The topological polar surface area (TPSA) is 17.3 Å². The fourth-order valence-corrected chi connectivity index (χ4v) is 4.63. The van der Waals surface area contributed by atoms with Crippen LogP contribution in [0.15, 0.2) is 65.0 Å². The lowest BCUT2D eigenvalue weighted by atomic mass is 9.95. The van der Waals surface area contributed by atoms with E-state index in [9.17, 15) is 0 Å². The Balaban J connectivity index is 1.84. The van der Waals surface area contributed by atoms with Crippen molar-refractivity contribution >= 4 is 17.0 Å². The molecule has 1 aliphatic rings. The van der Waals surface area contributed by atoms with E-state index in [0.717, 1.165) is 10.5 Å². The zero-order chi connectivity index (χ0) is 17.1. The Morgan fingerprint density at radius 3 is 2.36 bits per heavy atom. The van der Waals surface area contributed by atoms with Crippen molar-refractivity contribution in [3.63, 3.8) is 0 Å². The lowest BCUT2D eigenvalue weighted by molar-refractivity contribution is 0.351. The molecule has 0 N–H and O–H groups in total. The van der Waals surface area contributed by atoms with Crippen molar-refractivity contribution in [2.24, 2.45) is 4.99 Å². The van der Waals surface area contributed by atoms with Crippen molar-refractivity contribution in [1.82, 2.24) is 4.57 Å². The molecule has 0 bridgehead atoms. The first kappa shape index (κ1) is 16.3. The SMILES string of the molecule is Cc1ccc(-c2csc(=Nc3ccccc3)n2C2CCCCC2)cc1. The summed E-state index contributed by atoms with van der Waals surface area (Å²) in [5, 5.41) is 2.28. The van der Waals surface area contributed by atoms with Crippen LogP contribution in [-0.2, 0) is 0 Å². The van der Waals surface area contributed by atoms with Crippen LogP contribution in [0.5, 0.6) is 0 Å². The number of rotatable bonds is 3. The summed E-state index contributed by atoms with van der Waals surface area (Å²) in [5.74, 6) is 0. The second-order valence-electron chi connectivity index (χ2n) is 6.88. The smallest absolute Gasteiger partial charge is 0.190 e. The molecule has 128 valence electrons. The molecule has 1 aliphatic carbocycles. The van der Waals surface area contributed by atoms with E-state index in [1.165, 1.54) is 48.9 Å². The van der Waals surface area contributed by atoms with Crippen LogP contribution < -0.4 is 4.80 Å². The molecule has 0 amide bonds. The standard InChI is InChI=1S/C22H24N2S/c1-17-12-14-18(15-13-17)21-16-25-22(23-19-8-4-2-5-9-19)24(21)20-10-6-3-7-11-20/h2,4-5,8-9,12-16,20H,3,6-7,10-11H2,1H3. The highest BCUT2D eigenvalue weighted by Crippen LogP contribution is 2.32. The maximum Gasteiger partial charge on any atom is 0.190 e. The van der Waals surface area contributed by atoms with Crippen LogP contribution in [0.4, 0.5) is 5.69 Å². The van der Waals surface area contributed by atoms with Crippen LogP contribution >= 0.6 is 11.3 Å². The minimum atomic E-state index is 0.568. The molecule has 1 saturated carbocycles. The number of aromatic nitrogens is 1. The third-order valence-corrected chi connectivity index (χ3v) is 5.85. The van der Waals surface area contributed by atoms with Gasteiger partial charge in [-0.3, -0.25) is 0 Å². The van der Waals surface area contributed by atoms with E-state index < -0.39 is 0 Å². The molecule has 1 fully saturated rings. The number of aryl methyl sites for hydroxylation is 1.